The maximum atomic E-state index is 5.97. The average molecular weight is 320 g/mol. The second kappa shape index (κ2) is 5.76. The molecule has 1 heterocycles. The summed E-state index contributed by atoms with van der Waals surface area (Å²) in [6, 6.07) is 12.7. The minimum Gasteiger partial charge on any atom is -0.399 e. The number of nitrogens with zero attached hydrogens (tertiary/aromatic N) is 2. The number of rotatable bonds is 3. The molecule has 6 heteroatoms. The smallest absolute Gasteiger partial charge is 0.231 e. The van der Waals surface area contributed by atoms with E-state index >= 15 is 0 Å². The van der Waals surface area contributed by atoms with Crippen molar-refractivity contribution in [3.63, 3.8) is 0 Å². The monoisotopic (exact) mass is 319 g/mol. The molecule has 3 rings (SSSR count). The van der Waals surface area contributed by atoms with E-state index in [0.717, 1.165) is 16.8 Å². The number of aromatic nitrogens is 2. The van der Waals surface area contributed by atoms with E-state index in [1.54, 1.807) is 18.2 Å². The topological polar surface area (TPSA) is 64.9 Å². The van der Waals surface area contributed by atoms with Crippen molar-refractivity contribution in [3.8, 4) is 11.4 Å². The van der Waals surface area contributed by atoms with Gasteiger partial charge in [0.15, 0.2) is 0 Å². The van der Waals surface area contributed by atoms with Crippen molar-refractivity contribution in [2.45, 2.75) is 6.42 Å². The predicted octanol–water partition coefficient (Wildman–Crippen LogP) is 4.22. The molecule has 4 nitrogen and oxygen atoms in total. The van der Waals surface area contributed by atoms with Crippen LogP contribution in [0.15, 0.2) is 47.0 Å². The van der Waals surface area contributed by atoms with Crippen LogP contribution in [0.25, 0.3) is 11.4 Å². The predicted molar refractivity (Wildman–Crippen MR) is 83.4 cm³/mol. The Morgan fingerprint density at radius 1 is 1.00 bits per heavy atom. The summed E-state index contributed by atoms with van der Waals surface area (Å²) in [5, 5.41) is 5.01. The van der Waals surface area contributed by atoms with Gasteiger partial charge in [0.05, 0.1) is 6.42 Å². The minimum absolute atomic E-state index is 0.463. The lowest BCUT2D eigenvalue weighted by atomic mass is 10.1. The van der Waals surface area contributed by atoms with E-state index < -0.39 is 0 Å². The Balaban J connectivity index is 1.84. The zero-order chi connectivity index (χ0) is 14.8. The van der Waals surface area contributed by atoms with Gasteiger partial charge in [-0.25, -0.2) is 0 Å². The van der Waals surface area contributed by atoms with Gasteiger partial charge in [0, 0.05) is 21.3 Å². The number of nitrogens with two attached hydrogens (primary N) is 1. The molecule has 106 valence electrons. The molecule has 0 amide bonds. The quantitative estimate of drug-likeness (QED) is 0.734. The third kappa shape index (κ3) is 3.35. The molecule has 0 aliphatic heterocycles. The van der Waals surface area contributed by atoms with Crippen LogP contribution in [-0.2, 0) is 6.42 Å². The number of nitrogen functional groups attached to an aromatic ring is 1. The van der Waals surface area contributed by atoms with E-state index in [4.69, 9.17) is 33.5 Å². The second-order valence-electron chi connectivity index (χ2n) is 4.59. The first kappa shape index (κ1) is 13.9. The van der Waals surface area contributed by atoms with Crippen molar-refractivity contribution in [1.82, 2.24) is 10.1 Å². The second-order valence-corrected chi connectivity index (χ2v) is 5.46. The van der Waals surface area contributed by atoms with Gasteiger partial charge in [-0.3, -0.25) is 0 Å². The highest BCUT2D eigenvalue weighted by Crippen LogP contribution is 2.25. The molecule has 21 heavy (non-hydrogen) atoms. The zero-order valence-corrected chi connectivity index (χ0v) is 12.4. The lowest BCUT2D eigenvalue weighted by molar-refractivity contribution is 0.385. The highest BCUT2D eigenvalue weighted by atomic mass is 35.5. The molecular formula is C15H11Cl2N3O. The molecule has 1 aromatic heterocycles. The molecular weight excluding hydrogens is 309 g/mol. The van der Waals surface area contributed by atoms with Gasteiger partial charge >= 0.3 is 0 Å². The van der Waals surface area contributed by atoms with E-state index in [9.17, 15) is 0 Å². The van der Waals surface area contributed by atoms with Gasteiger partial charge in [-0.05, 0) is 35.9 Å². The molecule has 0 saturated heterocycles. The van der Waals surface area contributed by atoms with Crippen LogP contribution in [0.1, 0.15) is 11.5 Å². The van der Waals surface area contributed by atoms with Gasteiger partial charge in [-0.1, -0.05) is 40.5 Å². The number of hydrogen-bond donors (Lipinski definition) is 1. The first-order chi connectivity index (χ1) is 10.1. The Hall–Kier alpha value is -2.04. The first-order valence-electron chi connectivity index (χ1n) is 6.23. The summed E-state index contributed by atoms with van der Waals surface area (Å²) >= 11 is 11.9. The molecule has 0 unspecified atom stereocenters. The summed E-state index contributed by atoms with van der Waals surface area (Å²) in [6.07, 6.45) is 0.543. The Bertz CT molecular complexity index is 749. The normalized spacial score (nSPS) is 10.8. The van der Waals surface area contributed by atoms with E-state index in [-0.39, 0.29) is 0 Å². The van der Waals surface area contributed by atoms with Gasteiger partial charge < -0.3 is 10.3 Å². The van der Waals surface area contributed by atoms with Crippen LogP contribution in [0.3, 0.4) is 0 Å². The molecule has 2 N–H and O–H groups in total. The van der Waals surface area contributed by atoms with Gasteiger partial charge in [-0.2, -0.15) is 4.98 Å². The average Bonchev–Trinajstić information content (AvgIpc) is 2.89. The van der Waals surface area contributed by atoms with Gasteiger partial charge in [0.2, 0.25) is 11.7 Å². The van der Waals surface area contributed by atoms with E-state index in [1.165, 1.54) is 0 Å². The van der Waals surface area contributed by atoms with Crippen LogP contribution in [-0.4, -0.2) is 10.1 Å². The summed E-state index contributed by atoms with van der Waals surface area (Å²) in [5.41, 5.74) is 8.14. The fourth-order valence-corrected chi connectivity index (χ4v) is 2.46. The Morgan fingerprint density at radius 3 is 2.33 bits per heavy atom. The fraction of sp³-hybridized carbons (Fsp3) is 0.0667. The lowest BCUT2D eigenvalue weighted by Crippen LogP contribution is -1.90. The zero-order valence-electron chi connectivity index (χ0n) is 10.9. The van der Waals surface area contributed by atoms with Crippen molar-refractivity contribution in [2.24, 2.45) is 0 Å². The van der Waals surface area contributed by atoms with Crippen molar-refractivity contribution < 1.29 is 4.52 Å². The lowest BCUT2D eigenvalue weighted by Gasteiger charge is -1.98. The molecule has 2 aromatic carbocycles. The third-order valence-corrected chi connectivity index (χ3v) is 3.36. The summed E-state index contributed by atoms with van der Waals surface area (Å²) in [7, 11) is 0. The highest BCUT2D eigenvalue weighted by molar-refractivity contribution is 6.35. The minimum atomic E-state index is 0.463. The van der Waals surface area contributed by atoms with Gasteiger partial charge in [0.25, 0.3) is 0 Å². The molecule has 0 spiro atoms. The van der Waals surface area contributed by atoms with Gasteiger partial charge in [-0.15, -0.1) is 0 Å². The Kier molecular flexibility index (Phi) is 3.82. The maximum Gasteiger partial charge on any atom is 0.231 e. The van der Waals surface area contributed by atoms with Crippen LogP contribution in [0.5, 0.6) is 0 Å². The molecule has 0 aliphatic carbocycles. The van der Waals surface area contributed by atoms with Crippen molar-refractivity contribution in [3.05, 3.63) is 64.0 Å². The third-order valence-electron chi connectivity index (χ3n) is 2.92. The molecule has 0 atom stereocenters. The molecule has 0 bridgehead atoms. The largest absolute Gasteiger partial charge is 0.399 e. The molecule has 0 radical (unpaired) electrons. The van der Waals surface area contributed by atoms with E-state index in [1.807, 2.05) is 24.3 Å². The van der Waals surface area contributed by atoms with Gasteiger partial charge in [0.1, 0.15) is 0 Å². The number of benzene rings is 2. The van der Waals surface area contributed by atoms with Crippen LogP contribution in [0.2, 0.25) is 10.0 Å². The van der Waals surface area contributed by atoms with Crippen molar-refractivity contribution in [1.29, 1.82) is 0 Å². The number of halogens is 2. The molecule has 0 saturated carbocycles. The standard InChI is InChI=1S/C15H11Cl2N3O/c16-11-6-10(7-12(17)8-11)15-19-14(21-20-15)5-9-1-3-13(18)4-2-9/h1-4,6-8H,5,18H2. The van der Waals surface area contributed by atoms with Crippen LogP contribution < -0.4 is 5.73 Å². The van der Waals surface area contributed by atoms with Crippen LogP contribution in [0, 0.1) is 0 Å². The molecule has 0 aliphatic rings. The number of hydrogen-bond acceptors (Lipinski definition) is 4. The first-order valence-corrected chi connectivity index (χ1v) is 6.99. The Labute approximate surface area is 131 Å². The molecule has 3 aromatic rings. The van der Waals surface area contributed by atoms with Crippen molar-refractivity contribution in [2.75, 3.05) is 5.73 Å². The number of anilines is 1. The van der Waals surface area contributed by atoms with Crippen molar-refractivity contribution >= 4 is 28.9 Å². The van der Waals surface area contributed by atoms with E-state index in [0.29, 0.717) is 28.2 Å². The summed E-state index contributed by atoms with van der Waals surface area (Å²) in [4.78, 5) is 4.35. The molecule has 0 fully saturated rings. The Morgan fingerprint density at radius 2 is 1.67 bits per heavy atom. The highest BCUT2D eigenvalue weighted by Gasteiger charge is 2.10. The maximum absolute atomic E-state index is 5.97. The summed E-state index contributed by atoms with van der Waals surface area (Å²) in [5.74, 6) is 0.982. The van der Waals surface area contributed by atoms with Crippen LogP contribution >= 0.6 is 23.2 Å². The summed E-state index contributed by atoms with van der Waals surface area (Å²) < 4.78 is 5.25. The van der Waals surface area contributed by atoms with Crippen LogP contribution in [0.4, 0.5) is 5.69 Å². The SMILES string of the molecule is Nc1ccc(Cc2nc(-c3cc(Cl)cc(Cl)c3)no2)cc1. The fourth-order valence-electron chi connectivity index (χ4n) is 1.94. The van der Waals surface area contributed by atoms with E-state index in [2.05, 4.69) is 10.1 Å². The summed E-state index contributed by atoms with van der Waals surface area (Å²) in [6.45, 7) is 0.